The van der Waals surface area contributed by atoms with Crippen molar-refractivity contribution in [3.63, 3.8) is 0 Å². The first-order valence-corrected chi connectivity index (χ1v) is 6.20. The van der Waals surface area contributed by atoms with Gasteiger partial charge >= 0.3 is 0 Å². The van der Waals surface area contributed by atoms with Gasteiger partial charge in [-0.3, -0.25) is 4.79 Å². The molecule has 1 aromatic rings. The van der Waals surface area contributed by atoms with Crippen molar-refractivity contribution in [3.05, 3.63) is 23.0 Å². The van der Waals surface area contributed by atoms with E-state index in [0.717, 1.165) is 17.5 Å². The highest BCUT2D eigenvalue weighted by molar-refractivity contribution is 5.77. The molecule has 2 heteroatoms. The van der Waals surface area contributed by atoms with E-state index in [9.17, 15) is 4.79 Å². The van der Waals surface area contributed by atoms with E-state index in [1.807, 2.05) is 13.0 Å². The molecule has 2 nitrogen and oxygen atoms in total. The minimum Gasteiger partial charge on any atom is -0.345 e. The Morgan fingerprint density at radius 1 is 1.31 bits per heavy atom. The molecule has 0 radical (unpaired) electrons. The molecule has 1 atom stereocenters. The molecule has 1 rings (SSSR count). The molecule has 0 N–H and O–H groups in total. The summed E-state index contributed by atoms with van der Waals surface area (Å²) in [5, 5.41) is 0. The highest BCUT2D eigenvalue weighted by Gasteiger charge is 2.19. The van der Waals surface area contributed by atoms with Crippen molar-refractivity contribution in [3.8, 4) is 0 Å². The lowest BCUT2D eigenvalue weighted by Gasteiger charge is -2.26. The molecule has 0 bridgehead atoms. The first kappa shape index (κ1) is 13.0. The van der Waals surface area contributed by atoms with Gasteiger partial charge in [0, 0.05) is 23.0 Å². The van der Waals surface area contributed by atoms with Crippen LogP contribution in [0.1, 0.15) is 61.4 Å². The lowest BCUT2D eigenvalue weighted by molar-refractivity contribution is 0.112. The second-order valence-corrected chi connectivity index (χ2v) is 4.63. The van der Waals surface area contributed by atoms with Crippen LogP contribution in [0.25, 0.3) is 0 Å². The maximum atomic E-state index is 10.9. The standard InChI is InChI=1S/C14H23NO/c1-6-13(7-2)11(4)15-10(3)8-14(9-16)12(15)5/h8-9,11,13H,6-7H2,1-5H3. The van der Waals surface area contributed by atoms with Gasteiger partial charge in [0.1, 0.15) is 0 Å². The minimum absolute atomic E-state index is 0.476. The summed E-state index contributed by atoms with van der Waals surface area (Å²) >= 11 is 0. The van der Waals surface area contributed by atoms with Crippen LogP contribution in [-0.4, -0.2) is 10.9 Å². The normalized spacial score (nSPS) is 13.1. The monoisotopic (exact) mass is 221 g/mol. The summed E-state index contributed by atoms with van der Waals surface area (Å²) in [7, 11) is 0. The van der Waals surface area contributed by atoms with Crippen LogP contribution in [0, 0.1) is 19.8 Å². The van der Waals surface area contributed by atoms with Crippen molar-refractivity contribution < 1.29 is 4.79 Å². The molecule has 0 aliphatic rings. The zero-order valence-electron chi connectivity index (χ0n) is 11.1. The molecule has 0 saturated carbocycles. The van der Waals surface area contributed by atoms with Crippen LogP contribution in [-0.2, 0) is 0 Å². The van der Waals surface area contributed by atoms with Crippen LogP contribution in [0.5, 0.6) is 0 Å². The van der Waals surface area contributed by atoms with E-state index in [-0.39, 0.29) is 0 Å². The van der Waals surface area contributed by atoms with Crippen molar-refractivity contribution in [2.75, 3.05) is 0 Å². The number of aldehydes is 1. The molecule has 1 unspecified atom stereocenters. The average molecular weight is 221 g/mol. The summed E-state index contributed by atoms with van der Waals surface area (Å²) in [6.07, 6.45) is 3.33. The van der Waals surface area contributed by atoms with E-state index >= 15 is 0 Å². The van der Waals surface area contributed by atoms with Crippen molar-refractivity contribution in [2.24, 2.45) is 5.92 Å². The predicted octanol–water partition coefficient (Wildman–Crippen LogP) is 3.91. The second kappa shape index (κ2) is 5.33. The van der Waals surface area contributed by atoms with Crippen LogP contribution in [0.3, 0.4) is 0 Å². The van der Waals surface area contributed by atoms with E-state index in [1.165, 1.54) is 18.5 Å². The quantitative estimate of drug-likeness (QED) is 0.691. The van der Waals surface area contributed by atoms with Crippen molar-refractivity contribution in [2.45, 2.75) is 53.5 Å². The number of carbonyl (C=O) groups excluding carboxylic acids is 1. The van der Waals surface area contributed by atoms with Gasteiger partial charge in [0.15, 0.2) is 6.29 Å². The average Bonchev–Trinajstić information content (AvgIpc) is 2.55. The molecule has 0 fully saturated rings. The Morgan fingerprint density at radius 3 is 2.25 bits per heavy atom. The third kappa shape index (κ3) is 2.21. The molecule has 0 spiro atoms. The van der Waals surface area contributed by atoms with Crippen LogP contribution >= 0.6 is 0 Å². The Kier molecular flexibility index (Phi) is 4.34. The fraction of sp³-hybridized carbons (Fsp3) is 0.643. The summed E-state index contributed by atoms with van der Waals surface area (Å²) < 4.78 is 2.31. The summed E-state index contributed by atoms with van der Waals surface area (Å²) in [4.78, 5) is 10.9. The van der Waals surface area contributed by atoms with E-state index in [4.69, 9.17) is 0 Å². The number of hydrogen-bond acceptors (Lipinski definition) is 1. The summed E-state index contributed by atoms with van der Waals surface area (Å²) in [5.74, 6) is 0.685. The zero-order valence-corrected chi connectivity index (χ0v) is 11.1. The van der Waals surface area contributed by atoms with Gasteiger partial charge in [-0.1, -0.05) is 26.7 Å². The van der Waals surface area contributed by atoms with Crippen molar-refractivity contribution >= 4 is 6.29 Å². The Bertz CT molecular complexity index is 361. The van der Waals surface area contributed by atoms with Crippen molar-refractivity contribution in [1.82, 2.24) is 4.57 Å². The first-order valence-electron chi connectivity index (χ1n) is 6.20. The first-order chi connectivity index (χ1) is 7.56. The number of rotatable bonds is 5. The predicted molar refractivity (Wildman–Crippen MR) is 68.1 cm³/mol. The maximum Gasteiger partial charge on any atom is 0.151 e. The van der Waals surface area contributed by atoms with Crippen LogP contribution < -0.4 is 0 Å². The summed E-state index contributed by atoms with van der Waals surface area (Å²) in [6.45, 7) is 10.8. The highest BCUT2D eigenvalue weighted by Crippen LogP contribution is 2.28. The third-order valence-corrected chi connectivity index (χ3v) is 3.79. The Balaban J connectivity index is 3.11. The van der Waals surface area contributed by atoms with E-state index in [1.54, 1.807) is 0 Å². The molecular formula is C14H23NO. The lowest BCUT2D eigenvalue weighted by Crippen LogP contribution is -2.17. The molecule has 1 heterocycles. The van der Waals surface area contributed by atoms with Crippen LogP contribution in [0.4, 0.5) is 0 Å². The van der Waals surface area contributed by atoms with Gasteiger partial charge in [-0.2, -0.15) is 0 Å². The molecule has 0 aliphatic carbocycles. The fourth-order valence-electron chi connectivity index (χ4n) is 2.73. The van der Waals surface area contributed by atoms with Gasteiger partial charge in [-0.25, -0.2) is 0 Å². The van der Waals surface area contributed by atoms with Gasteiger partial charge in [-0.05, 0) is 32.8 Å². The van der Waals surface area contributed by atoms with E-state index in [0.29, 0.717) is 12.0 Å². The Labute approximate surface area is 98.7 Å². The Morgan fingerprint density at radius 2 is 1.88 bits per heavy atom. The molecule has 0 aromatic carbocycles. The topological polar surface area (TPSA) is 22.0 Å². The molecule has 0 aliphatic heterocycles. The van der Waals surface area contributed by atoms with Gasteiger partial charge in [-0.15, -0.1) is 0 Å². The Hall–Kier alpha value is -1.05. The lowest BCUT2D eigenvalue weighted by atomic mass is 9.95. The van der Waals surface area contributed by atoms with E-state index < -0.39 is 0 Å². The highest BCUT2D eigenvalue weighted by atomic mass is 16.1. The number of aromatic nitrogens is 1. The maximum absolute atomic E-state index is 10.9. The summed E-state index contributed by atoms with van der Waals surface area (Å²) in [6, 6.07) is 2.46. The SMILES string of the molecule is CCC(CC)C(C)n1c(C)cc(C=O)c1C. The third-order valence-electron chi connectivity index (χ3n) is 3.79. The smallest absolute Gasteiger partial charge is 0.151 e. The van der Waals surface area contributed by atoms with Gasteiger partial charge < -0.3 is 4.57 Å². The van der Waals surface area contributed by atoms with E-state index in [2.05, 4.69) is 32.3 Å². The molecule has 0 saturated heterocycles. The number of hydrogen-bond donors (Lipinski definition) is 0. The zero-order chi connectivity index (χ0) is 12.3. The molecule has 90 valence electrons. The van der Waals surface area contributed by atoms with Crippen molar-refractivity contribution in [1.29, 1.82) is 0 Å². The molecule has 1 aromatic heterocycles. The van der Waals surface area contributed by atoms with Crippen LogP contribution in [0.2, 0.25) is 0 Å². The van der Waals surface area contributed by atoms with Gasteiger partial charge in [0.25, 0.3) is 0 Å². The van der Waals surface area contributed by atoms with Gasteiger partial charge in [0.2, 0.25) is 0 Å². The number of aryl methyl sites for hydroxylation is 1. The van der Waals surface area contributed by atoms with Crippen LogP contribution in [0.15, 0.2) is 6.07 Å². The molecular weight excluding hydrogens is 198 g/mol. The minimum atomic E-state index is 0.476. The number of nitrogens with zero attached hydrogens (tertiary/aromatic N) is 1. The summed E-state index contributed by atoms with van der Waals surface area (Å²) in [5.41, 5.74) is 3.13. The second-order valence-electron chi connectivity index (χ2n) is 4.63. The molecule has 16 heavy (non-hydrogen) atoms. The largest absolute Gasteiger partial charge is 0.345 e. The molecule has 0 amide bonds. The fourth-order valence-corrected chi connectivity index (χ4v) is 2.73. The van der Waals surface area contributed by atoms with Gasteiger partial charge in [0.05, 0.1) is 0 Å². The number of carbonyl (C=O) groups is 1.